The van der Waals surface area contributed by atoms with Crippen LogP contribution in [0.1, 0.15) is 61.4 Å². The summed E-state index contributed by atoms with van der Waals surface area (Å²) in [5.41, 5.74) is 6.74. The summed E-state index contributed by atoms with van der Waals surface area (Å²) < 4.78 is 0. The van der Waals surface area contributed by atoms with Gasteiger partial charge in [0.2, 0.25) is 0 Å². The lowest BCUT2D eigenvalue weighted by Crippen LogP contribution is -2.15. The van der Waals surface area contributed by atoms with Crippen molar-refractivity contribution in [1.29, 1.82) is 0 Å². The van der Waals surface area contributed by atoms with Crippen LogP contribution in [0.5, 0.6) is 0 Å². The Morgan fingerprint density at radius 1 is 0.957 bits per heavy atom. The molecule has 2 aromatic carbocycles. The highest BCUT2D eigenvalue weighted by molar-refractivity contribution is 6.36. The zero-order valence-electron chi connectivity index (χ0n) is 14.9. The van der Waals surface area contributed by atoms with E-state index in [4.69, 9.17) is 23.2 Å². The Kier molecular flexibility index (Phi) is 5.48. The molecular weight excluding hydrogens is 323 g/mol. The van der Waals surface area contributed by atoms with Gasteiger partial charge in [0.1, 0.15) is 0 Å². The van der Waals surface area contributed by atoms with E-state index in [0.717, 1.165) is 22.0 Å². The van der Waals surface area contributed by atoms with Gasteiger partial charge in [0.25, 0.3) is 0 Å². The van der Waals surface area contributed by atoms with Crippen molar-refractivity contribution in [3.63, 3.8) is 0 Å². The molecule has 124 valence electrons. The maximum Gasteiger partial charge on any atom is 0.0455 e. The first-order valence-electron chi connectivity index (χ1n) is 8.15. The van der Waals surface area contributed by atoms with E-state index >= 15 is 0 Å². The molecule has 23 heavy (non-hydrogen) atoms. The second-order valence-corrected chi connectivity index (χ2v) is 8.41. The standard InChI is InChI=1S/C21H26Cl2/c1-13(19-17(22)8-7-9-18(19)23)10-16-11-14(2)20(15(3)12-16)21(4,5)6/h7-9,11-13H,10H2,1-6H3. The summed E-state index contributed by atoms with van der Waals surface area (Å²) in [6, 6.07) is 10.4. The molecule has 2 heteroatoms. The fourth-order valence-electron chi connectivity index (χ4n) is 3.79. The first kappa shape index (κ1) is 18.4. The summed E-state index contributed by atoms with van der Waals surface area (Å²) in [7, 11) is 0. The minimum atomic E-state index is 0.171. The molecule has 0 aliphatic heterocycles. The molecule has 0 aliphatic rings. The van der Waals surface area contributed by atoms with Gasteiger partial charge in [0.05, 0.1) is 0 Å². The highest BCUT2D eigenvalue weighted by Crippen LogP contribution is 2.35. The van der Waals surface area contributed by atoms with Crippen LogP contribution in [-0.2, 0) is 11.8 Å². The van der Waals surface area contributed by atoms with E-state index in [1.807, 2.05) is 18.2 Å². The van der Waals surface area contributed by atoms with E-state index in [2.05, 4.69) is 53.7 Å². The molecule has 0 bridgehead atoms. The molecule has 0 aliphatic carbocycles. The molecular formula is C21H26Cl2. The van der Waals surface area contributed by atoms with Gasteiger partial charge in [-0.2, -0.15) is 0 Å². The van der Waals surface area contributed by atoms with Crippen LogP contribution >= 0.6 is 23.2 Å². The third kappa shape index (κ3) is 4.11. The first-order valence-corrected chi connectivity index (χ1v) is 8.91. The molecule has 0 amide bonds. The molecule has 0 nitrogen and oxygen atoms in total. The third-order valence-corrected chi connectivity index (χ3v) is 5.04. The Bertz CT molecular complexity index is 665. The Labute approximate surface area is 150 Å². The monoisotopic (exact) mass is 348 g/mol. The average Bonchev–Trinajstić information content (AvgIpc) is 2.35. The van der Waals surface area contributed by atoms with Crippen molar-refractivity contribution in [2.45, 2.75) is 59.3 Å². The topological polar surface area (TPSA) is 0 Å². The molecule has 0 saturated heterocycles. The lowest BCUT2D eigenvalue weighted by atomic mass is 9.79. The van der Waals surface area contributed by atoms with Crippen molar-refractivity contribution < 1.29 is 0 Å². The summed E-state index contributed by atoms with van der Waals surface area (Å²) in [6.45, 7) is 13.4. The van der Waals surface area contributed by atoms with Gasteiger partial charge >= 0.3 is 0 Å². The van der Waals surface area contributed by atoms with E-state index in [1.165, 1.54) is 22.3 Å². The lowest BCUT2D eigenvalue weighted by Gasteiger charge is -2.25. The van der Waals surface area contributed by atoms with E-state index in [9.17, 15) is 0 Å². The first-order chi connectivity index (χ1) is 10.6. The minimum absolute atomic E-state index is 0.171. The lowest BCUT2D eigenvalue weighted by molar-refractivity contribution is 0.581. The van der Waals surface area contributed by atoms with Crippen molar-refractivity contribution in [1.82, 2.24) is 0 Å². The summed E-state index contributed by atoms with van der Waals surface area (Å²) in [6.07, 6.45) is 0.940. The van der Waals surface area contributed by atoms with Crippen molar-refractivity contribution in [2.75, 3.05) is 0 Å². The fraction of sp³-hybridized carbons (Fsp3) is 0.429. The molecule has 2 aromatic rings. The number of hydrogen-bond acceptors (Lipinski definition) is 0. The van der Waals surface area contributed by atoms with E-state index < -0.39 is 0 Å². The number of rotatable bonds is 3. The van der Waals surface area contributed by atoms with Crippen molar-refractivity contribution in [3.8, 4) is 0 Å². The predicted molar refractivity (Wildman–Crippen MR) is 103 cm³/mol. The maximum atomic E-state index is 6.35. The molecule has 0 aromatic heterocycles. The molecule has 0 radical (unpaired) electrons. The van der Waals surface area contributed by atoms with Gasteiger partial charge in [0.15, 0.2) is 0 Å². The van der Waals surface area contributed by atoms with Crippen LogP contribution in [0.2, 0.25) is 10.0 Å². The van der Waals surface area contributed by atoms with Crippen LogP contribution < -0.4 is 0 Å². The highest BCUT2D eigenvalue weighted by atomic mass is 35.5. The molecule has 0 saturated carbocycles. The van der Waals surface area contributed by atoms with E-state index in [-0.39, 0.29) is 11.3 Å². The van der Waals surface area contributed by atoms with E-state index in [1.54, 1.807) is 0 Å². The molecule has 2 rings (SSSR count). The molecule has 0 fully saturated rings. The number of halogens is 2. The van der Waals surface area contributed by atoms with Crippen molar-refractivity contribution in [2.24, 2.45) is 0 Å². The van der Waals surface area contributed by atoms with Gasteiger partial charge in [0, 0.05) is 10.0 Å². The zero-order chi connectivity index (χ0) is 17.4. The fourth-order valence-corrected chi connectivity index (χ4v) is 4.56. The second kappa shape index (κ2) is 6.87. The molecule has 1 unspecified atom stereocenters. The van der Waals surface area contributed by atoms with Gasteiger partial charge < -0.3 is 0 Å². The quantitative estimate of drug-likeness (QED) is 0.547. The SMILES string of the molecule is Cc1cc(CC(C)c2c(Cl)cccc2Cl)cc(C)c1C(C)(C)C. The summed E-state index contributed by atoms with van der Waals surface area (Å²) in [5, 5.41) is 1.51. The minimum Gasteiger partial charge on any atom is -0.0840 e. The van der Waals surface area contributed by atoms with Crippen LogP contribution in [-0.4, -0.2) is 0 Å². The van der Waals surface area contributed by atoms with Crippen molar-refractivity contribution in [3.05, 3.63) is 68.2 Å². The number of benzene rings is 2. The smallest absolute Gasteiger partial charge is 0.0455 e. The Morgan fingerprint density at radius 3 is 1.87 bits per heavy atom. The second-order valence-electron chi connectivity index (χ2n) is 7.60. The Balaban J connectivity index is 2.34. The zero-order valence-corrected chi connectivity index (χ0v) is 16.4. The average molecular weight is 349 g/mol. The number of aryl methyl sites for hydroxylation is 2. The Hall–Kier alpha value is -0.980. The van der Waals surface area contributed by atoms with Gasteiger partial charge in [-0.1, -0.05) is 69.1 Å². The molecule has 0 N–H and O–H groups in total. The van der Waals surface area contributed by atoms with Crippen LogP contribution in [0.15, 0.2) is 30.3 Å². The molecule has 1 atom stereocenters. The Morgan fingerprint density at radius 2 is 1.43 bits per heavy atom. The number of hydrogen-bond donors (Lipinski definition) is 0. The normalized spacial score (nSPS) is 13.2. The maximum absolute atomic E-state index is 6.35. The highest BCUT2D eigenvalue weighted by Gasteiger charge is 2.20. The van der Waals surface area contributed by atoms with Gasteiger partial charge in [-0.3, -0.25) is 0 Å². The van der Waals surface area contributed by atoms with Crippen LogP contribution in [0, 0.1) is 13.8 Å². The summed E-state index contributed by atoms with van der Waals surface area (Å²) >= 11 is 12.7. The van der Waals surface area contributed by atoms with Crippen LogP contribution in [0.25, 0.3) is 0 Å². The molecule has 0 heterocycles. The van der Waals surface area contributed by atoms with Crippen LogP contribution in [0.3, 0.4) is 0 Å². The summed E-state index contributed by atoms with van der Waals surface area (Å²) in [4.78, 5) is 0. The van der Waals surface area contributed by atoms with E-state index in [0.29, 0.717) is 0 Å². The van der Waals surface area contributed by atoms with Gasteiger partial charge in [-0.05, 0) is 71.6 Å². The van der Waals surface area contributed by atoms with Gasteiger partial charge in [-0.15, -0.1) is 0 Å². The predicted octanol–water partition coefficient (Wildman–Crippen LogP) is 7.25. The summed E-state index contributed by atoms with van der Waals surface area (Å²) in [5.74, 6) is 0.287. The molecule has 0 spiro atoms. The van der Waals surface area contributed by atoms with Crippen LogP contribution in [0.4, 0.5) is 0 Å². The largest absolute Gasteiger partial charge is 0.0840 e. The third-order valence-electron chi connectivity index (χ3n) is 4.38. The van der Waals surface area contributed by atoms with Gasteiger partial charge in [-0.25, -0.2) is 0 Å². The van der Waals surface area contributed by atoms with Crippen molar-refractivity contribution >= 4 is 23.2 Å².